The predicted octanol–water partition coefficient (Wildman–Crippen LogP) is 12.2. The second-order valence-corrected chi connectivity index (χ2v) is 17.7. The van der Waals surface area contributed by atoms with Crippen LogP contribution in [0, 0.1) is 0 Å². The Morgan fingerprint density at radius 2 is 0.934 bits per heavy atom. The molecule has 0 radical (unpaired) electrons. The number of carbonyl (C=O) groups excluding carboxylic acids is 3. The highest BCUT2D eigenvalue weighted by atomic mass is 16.7. The Hall–Kier alpha value is -2.75. The van der Waals surface area contributed by atoms with E-state index in [1.165, 1.54) is 109 Å². The first kappa shape index (κ1) is 58.2. The molecule has 0 fully saturated rings. The van der Waals surface area contributed by atoms with Crippen LogP contribution < -0.4 is 5.11 Å². The maximum Gasteiger partial charge on any atom is 0.306 e. The van der Waals surface area contributed by atoms with Crippen LogP contribution in [-0.4, -0.2) is 82.3 Å². The van der Waals surface area contributed by atoms with Crippen LogP contribution in [0.25, 0.3) is 0 Å². The van der Waals surface area contributed by atoms with Crippen molar-refractivity contribution in [2.24, 2.45) is 0 Å². The lowest BCUT2D eigenvalue weighted by molar-refractivity contribution is -0.870. The summed E-state index contributed by atoms with van der Waals surface area (Å²) in [7, 11) is 5.91. The van der Waals surface area contributed by atoms with Gasteiger partial charge in [-0.15, -0.1) is 0 Å². The van der Waals surface area contributed by atoms with Crippen molar-refractivity contribution < 1.29 is 42.9 Å². The number of allylic oxidation sites excluding steroid dienone is 8. The lowest BCUT2D eigenvalue weighted by atomic mass is 10.1. The zero-order valence-electron chi connectivity index (χ0n) is 40.0. The van der Waals surface area contributed by atoms with Gasteiger partial charge in [0.05, 0.1) is 40.3 Å². The molecule has 2 unspecified atom stereocenters. The second kappa shape index (κ2) is 43.9. The van der Waals surface area contributed by atoms with Crippen molar-refractivity contribution in [2.45, 2.75) is 219 Å². The number of rotatable bonds is 45. The highest BCUT2D eigenvalue weighted by molar-refractivity contribution is 5.70. The quantitative estimate of drug-likeness (QED) is 0.0196. The van der Waals surface area contributed by atoms with Gasteiger partial charge in [-0.2, -0.15) is 0 Å². The van der Waals surface area contributed by atoms with Crippen LogP contribution in [0.2, 0.25) is 0 Å². The van der Waals surface area contributed by atoms with E-state index in [0.29, 0.717) is 17.4 Å². The third-order valence-electron chi connectivity index (χ3n) is 10.6. The first-order chi connectivity index (χ1) is 29.6. The maximum absolute atomic E-state index is 12.8. The summed E-state index contributed by atoms with van der Waals surface area (Å²) in [6, 6.07) is 0. The lowest BCUT2D eigenvalue weighted by Gasteiger charge is -2.26. The predicted molar refractivity (Wildman–Crippen MR) is 251 cm³/mol. The molecule has 9 nitrogen and oxygen atoms in total. The summed E-state index contributed by atoms with van der Waals surface area (Å²) in [5, 5.41) is 11.7. The third-order valence-corrected chi connectivity index (χ3v) is 10.6. The van der Waals surface area contributed by atoms with Gasteiger partial charge in [-0.25, -0.2) is 0 Å². The van der Waals surface area contributed by atoms with Crippen molar-refractivity contribution in [1.29, 1.82) is 0 Å². The summed E-state index contributed by atoms with van der Waals surface area (Å²) < 4.78 is 22.6. The molecule has 0 rings (SSSR count). The molecule has 354 valence electrons. The molecule has 0 amide bonds. The first-order valence-corrected chi connectivity index (χ1v) is 24.8. The third kappa shape index (κ3) is 45.1. The van der Waals surface area contributed by atoms with Crippen LogP contribution in [0.1, 0.15) is 206 Å². The van der Waals surface area contributed by atoms with Gasteiger partial charge < -0.3 is 33.3 Å². The zero-order chi connectivity index (χ0) is 44.9. The molecule has 0 bridgehead atoms. The number of nitrogens with zero attached hydrogens (tertiary/aromatic N) is 1. The van der Waals surface area contributed by atoms with Gasteiger partial charge in [-0.1, -0.05) is 172 Å². The fraction of sp³-hybridized carbons (Fsp3) is 0.788. The van der Waals surface area contributed by atoms with Gasteiger partial charge in [-0.05, 0) is 70.6 Å². The number of aliphatic carboxylic acids is 1. The number of carbonyl (C=O) groups is 3. The van der Waals surface area contributed by atoms with E-state index in [9.17, 15) is 19.5 Å². The van der Waals surface area contributed by atoms with Crippen LogP contribution in [-0.2, 0) is 33.3 Å². The number of quaternary nitrogens is 1. The summed E-state index contributed by atoms with van der Waals surface area (Å²) >= 11 is 0. The number of esters is 2. The van der Waals surface area contributed by atoms with Crippen LogP contribution in [0.4, 0.5) is 0 Å². The van der Waals surface area contributed by atoms with E-state index in [1.807, 2.05) is 21.1 Å². The van der Waals surface area contributed by atoms with Gasteiger partial charge in [0.2, 0.25) is 0 Å². The van der Waals surface area contributed by atoms with Crippen molar-refractivity contribution in [3.8, 4) is 0 Å². The minimum atomic E-state index is -1.62. The Morgan fingerprint density at radius 1 is 0.508 bits per heavy atom. The van der Waals surface area contributed by atoms with Gasteiger partial charge in [0.25, 0.3) is 0 Å². The monoisotopic (exact) mass is 860 g/mol. The molecule has 0 heterocycles. The normalized spacial score (nSPS) is 13.3. The summed E-state index contributed by atoms with van der Waals surface area (Å²) in [5.41, 5.74) is 0. The average molecular weight is 860 g/mol. The number of hydrogen-bond acceptors (Lipinski definition) is 8. The Balaban J connectivity index is 4.37. The van der Waals surface area contributed by atoms with Crippen molar-refractivity contribution in [3.63, 3.8) is 0 Å². The number of hydrogen-bond donors (Lipinski definition) is 0. The summed E-state index contributed by atoms with van der Waals surface area (Å²) in [4.78, 5) is 37.1. The molecule has 0 aliphatic carbocycles. The van der Waals surface area contributed by atoms with E-state index in [4.69, 9.17) is 18.9 Å². The number of ether oxygens (including phenoxy) is 4. The second-order valence-electron chi connectivity index (χ2n) is 17.7. The van der Waals surface area contributed by atoms with Crippen molar-refractivity contribution in [2.75, 3.05) is 47.5 Å². The molecule has 0 saturated carbocycles. The number of carboxylic acids is 1. The van der Waals surface area contributed by atoms with E-state index >= 15 is 0 Å². The molecule has 0 aliphatic rings. The first-order valence-electron chi connectivity index (χ1n) is 24.8. The molecule has 0 saturated heterocycles. The zero-order valence-corrected chi connectivity index (χ0v) is 40.0. The van der Waals surface area contributed by atoms with Crippen LogP contribution >= 0.6 is 0 Å². The molecule has 0 aliphatic heterocycles. The Bertz CT molecular complexity index is 1140. The molecule has 0 aromatic heterocycles. The van der Waals surface area contributed by atoms with Crippen LogP contribution in [0.3, 0.4) is 0 Å². The van der Waals surface area contributed by atoms with Crippen LogP contribution in [0.5, 0.6) is 0 Å². The lowest BCUT2D eigenvalue weighted by Crippen LogP contribution is -2.44. The summed E-state index contributed by atoms with van der Waals surface area (Å²) in [5.74, 6) is -2.30. The van der Waals surface area contributed by atoms with Crippen LogP contribution in [0.15, 0.2) is 48.6 Å². The van der Waals surface area contributed by atoms with E-state index in [2.05, 4.69) is 62.5 Å². The molecule has 2 atom stereocenters. The molecular weight excluding hydrogens is 767 g/mol. The van der Waals surface area contributed by atoms with E-state index in [0.717, 1.165) is 64.2 Å². The minimum Gasteiger partial charge on any atom is -0.545 e. The standard InChI is InChI=1S/C52H93NO8/c1-6-8-10-12-14-16-18-20-22-24-25-27-28-30-32-34-36-38-40-42-49(54)59-46-48(47-60-52(51(56)57)58-45-44-53(3,4)5)61-50(55)43-41-39-37-35-33-31-29-26-23-21-19-17-15-13-11-9-7-2/h9,11,15,17,20-23,48,52H,6-8,10,12-14,16,18-19,24-47H2,1-5H3/b11-9-,17-15-,22-20-,23-21-. The van der Waals surface area contributed by atoms with Gasteiger partial charge in [0.1, 0.15) is 13.2 Å². The van der Waals surface area contributed by atoms with E-state index in [1.54, 1.807) is 0 Å². The Morgan fingerprint density at radius 3 is 1.41 bits per heavy atom. The van der Waals surface area contributed by atoms with Gasteiger partial charge in [-0.3, -0.25) is 9.59 Å². The molecule has 9 heteroatoms. The smallest absolute Gasteiger partial charge is 0.306 e. The van der Waals surface area contributed by atoms with E-state index < -0.39 is 24.3 Å². The van der Waals surface area contributed by atoms with Crippen molar-refractivity contribution in [1.82, 2.24) is 0 Å². The highest BCUT2D eigenvalue weighted by Crippen LogP contribution is 2.15. The van der Waals surface area contributed by atoms with E-state index in [-0.39, 0.29) is 38.6 Å². The maximum atomic E-state index is 12.8. The summed E-state index contributed by atoms with van der Waals surface area (Å²) in [6.07, 6.45) is 48.5. The molecule has 0 spiro atoms. The highest BCUT2D eigenvalue weighted by Gasteiger charge is 2.21. The molecule has 0 N–H and O–H groups in total. The fourth-order valence-electron chi connectivity index (χ4n) is 6.72. The Kier molecular flexibility index (Phi) is 41.9. The number of carboxylic acid groups (broad SMARTS) is 1. The SMILES string of the molecule is CC/C=C\C/C=C\C/C=C\CCCCCCCCCC(=O)OC(COC(=O)CCCCCCCCCCC/C=C\CCCCCCCC)COC(OCC[N+](C)(C)C)C(=O)[O-]. The largest absolute Gasteiger partial charge is 0.545 e. The molecule has 0 aromatic rings. The molecule has 61 heavy (non-hydrogen) atoms. The Labute approximate surface area is 374 Å². The minimum absolute atomic E-state index is 0.144. The molecular formula is C52H93NO8. The van der Waals surface area contributed by atoms with Crippen molar-refractivity contribution in [3.05, 3.63) is 48.6 Å². The number of likely N-dealkylation sites (N-methyl/N-ethyl adjacent to an activating group) is 1. The van der Waals surface area contributed by atoms with Gasteiger partial charge in [0, 0.05) is 12.8 Å². The fourth-order valence-corrected chi connectivity index (χ4v) is 6.72. The van der Waals surface area contributed by atoms with Gasteiger partial charge >= 0.3 is 11.9 Å². The number of unbranched alkanes of at least 4 members (excludes halogenated alkanes) is 22. The topological polar surface area (TPSA) is 111 Å². The van der Waals surface area contributed by atoms with Gasteiger partial charge in [0.15, 0.2) is 12.4 Å². The molecule has 0 aromatic carbocycles. The average Bonchev–Trinajstić information content (AvgIpc) is 3.22. The summed E-state index contributed by atoms with van der Waals surface area (Å²) in [6.45, 7) is 4.62. The van der Waals surface area contributed by atoms with Crippen molar-refractivity contribution >= 4 is 17.9 Å².